The zero-order valence-corrected chi connectivity index (χ0v) is 24.2. The van der Waals surface area contributed by atoms with Gasteiger partial charge in [0.15, 0.2) is 0 Å². The van der Waals surface area contributed by atoms with Gasteiger partial charge in [-0.15, -0.1) is 0 Å². The van der Waals surface area contributed by atoms with E-state index in [1.807, 2.05) is 78.9 Å². The molecule has 2 aliphatic rings. The van der Waals surface area contributed by atoms with Crippen molar-refractivity contribution in [3.8, 4) is 0 Å². The predicted molar refractivity (Wildman–Crippen MR) is 167 cm³/mol. The van der Waals surface area contributed by atoms with E-state index in [0.717, 1.165) is 53.3 Å². The average molecular weight is 580 g/mol. The van der Waals surface area contributed by atoms with Gasteiger partial charge in [0.25, 0.3) is 5.91 Å². The quantitative estimate of drug-likeness (QED) is 0.245. The number of halogens is 1. The van der Waals surface area contributed by atoms with Gasteiger partial charge < -0.3 is 10.2 Å². The molecule has 4 aromatic rings. The number of hydrogen-bond donors (Lipinski definition) is 1. The molecule has 1 aliphatic heterocycles. The highest BCUT2D eigenvalue weighted by Crippen LogP contribution is 2.37. The third-order valence-corrected chi connectivity index (χ3v) is 8.64. The standard InChI is InChI=1S/C35H34ClN3O3/c36-27-15-7-12-25(20-27)22-38(31(21-24-10-3-1-4-11-24)34(41)37-28-16-5-2-6-17-28)32(40)23-39-30-19-9-14-26-13-8-18-29(33(26)30)35(39)42/h1,3-4,7-15,18-20,28,31H,2,5-6,16-17,21-23H2,(H,37,41)/t31-/m0/s1. The van der Waals surface area contributed by atoms with Crippen molar-refractivity contribution in [1.82, 2.24) is 10.2 Å². The van der Waals surface area contributed by atoms with Gasteiger partial charge in [-0.1, -0.05) is 97.6 Å². The highest BCUT2D eigenvalue weighted by molar-refractivity contribution is 6.30. The van der Waals surface area contributed by atoms with Crippen molar-refractivity contribution in [2.24, 2.45) is 0 Å². The maximum Gasteiger partial charge on any atom is 0.259 e. The van der Waals surface area contributed by atoms with Crippen molar-refractivity contribution >= 4 is 45.8 Å². The zero-order chi connectivity index (χ0) is 29.1. The first kappa shape index (κ1) is 28.0. The predicted octanol–water partition coefficient (Wildman–Crippen LogP) is 6.54. The second-order valence-electron chi connectivity index (χ2n) is 11.3. The molecule has 6 rings (SSSR count). The summed E-state index contributed by atoms with van der Waals surface area (Å²) in [5, 5.41) is 5.64. The molecule has 0 bridgehead atoms. The summed E-state index contributed by atoms with van der Waals surface area (Å²) in [5.41, 5.74) is 3.08. The monoisotopic (exact) mass is 579 g/mol. The molecule has 0 spiro atoms. The second-order valence-corrected chi connectivity index (χ2v) is 11.7. The third kappa shape index (κ3) is 5.90. The van der Waals surface area contributed by atoms with E-state index < -0.39 is 6.04 Å². The van der Waals surface area contributed by atoms with Crippen LogP contribution in [0.5, 0.6) is 0 Å². The molecule has 1 fully saturated rings. The van der Waals surface area contributed by atoms with Gasteiger partial charge in [-0.25, -0.2) is 0 Å². The molecule has 1 aliphatic carbocycles. The van der Waals surface area contributed by atoms with Crippen molar-refractivity contribution in [1.29, 1.82) is 0 Å². The largest absolute Gasteiger partial charge is 0.352 e. The molecule has 0 radical (unpaired) electrons. The summed E-state index contributed by atoms with van der Waals surface area (Å²) in [4.78, 5) is 45.1. The van der Waals surface area contributed by atoms with Crippen LogP contribution in [0.25, 0.3) is 10.8 Å². The Morgan fingerprint density at radius 3 is 2.36 bits per heavy atom. The molecule has 0 aromatic heterocycles. The van der Waals surface area contributed by atoms with Crippen LogP contribution in [-0.2, 0) is 22.6 Å². The third-order valence-electron chi connectivity index (χ3n) is 8.41. The van der Waals surface area contributed by atoms with Crippen LogP contribution < -0.4 is 10.2 Å². The highest BCUT2D eigenvalue weighted by Gasteiger charge is 2.36. The lowest BCUT2D eigenvalue weighted by molar-refractivity contribution is -0.140. The van der Waals surface area contributed by atoms with E-state index in [-0.39, 0.29) is 36.9 Å². The lowest BCUT2D eigenvalue weighted by atomic mass is 9.94. The summed E-state index contributed by atoms with van der Waals surface area (Å²) in [5.74, 6) is -0.670. The number of nitrogens with zero attached hydrogens (tertiary/aromatic N) is 2. The molecule has 1 N–H and O–H groups in total. The summed E-state index contributed by atoms with van der Waals surface area (Å²) in [6.45, 7) is 0.0172. The Bertz CT molecular complexity index is 1610. The zero-order valence-electron chi connectivity index (χ0n) is 23.5. The van der Waals surface area contributed by atoms with Gasteiger partial charge in [0, 0.05) is 35.0 Å². The van der Waals surface area contributed by atoms with Crippen LogP contribution in [0.15, 0.2) is 91.0 Å². The molecule has 1 atom stereocenters. The molecule has 42 heavy (non-hydrogen) atoms. The van der Waals surface area contributed by atoms with Crippen molar-refractivity contribution in [2.45, 2.75) is 57.2 Å². The summed E-state index contributed by atoms with van der Waals surface area (Å²) >= 11 is 6.33. The van der Waals surface area contributed by atoms with Gasteiger partial charge in [-0.3, -0.25) is 19.3 Å². The van der Waals surface area contributed by atoms with Gasteiger partial charge in [-0.05, 0) is 53.6 Å². The number of carbonyl (C=O) groups excluding carboxylic acids is 3. The first-order chi connectivity index (χ1) is 20.5. The van der Waals surface area contributed by atoms with E-state index in [9.17, 15) is 14.4 Å². The Morgan fingerprint density at radius 1 is 0.881 bits per heavy atom. The Kier molecular flexibility index (Phi) is 8.24. The van der Waals surface area contributed by atoms with Crippen LogP contribution in [0.3, 0.4) is 0 Å². The van der Waals surface area contributed by atoms with E-state index in [1.54, 1.807) is 21.9 Å². The Hall–Kier alpha value is -4.16. The van der Waals surface area contributed by atoms with Gasteiger partial charge in [-0.2, -0.15) is 0 Å². The van der Waals surface area contributed by atoms with Crippen LogP contribution >= 0.6 is 11.6 Å². The first-order valence-corrected chi connectivity index (χ1v) is 15.1. The van der Waals surface area contributed by atoms with Crippen LogP contribution in [-0.4, -0.2) is 41.2 Å². The summed E-state index contributed by atoms with van der Waals surface area (Å²) < 4.78 is 0. The Balaban J connectivity index is 1.35. The van der Waals surface area contributed by atoms with Crippen molar-refractivity contribution < 1.29 is 14.4 Å². The lowest BCUT2D eigenvalue weighted by Crippen LogP contribution is -2.54. The molecule has 0 saturated heterocycles. The fraction of sp³-hybridized carbons (Fsp3) is 0.286. The maximum atomic E-state index is 14.4. The van der Waals surface area contributed by atoms with Gasteiger partial charge in [0.2, 0.25) is 11.8 Å². The molecule has 1 saturated carbocycles. The van der Waals surface area contributed by atoms with E-state index in [4.69, 9.17) is 11.6 Å². The number of anilines is 1. The van der Waals surface area contributed by atoms with Gasteiger partial charge in [0.1, 0.15) is 12.6 Å². The second kappa shape index (κ2) is 12.4. The molecule has 6 nitrogen and oxygen atoms in total. The van der Waals surface area contributed by atoms with Crippen LogP contribution in [0.2, 0.25) is 5.02 Å². The van der Waals surface area contributed by atoms with Crippen LogP contribution in [0.1, 0.15) is 53.6 Å². The Morgan fingerprint density at radius 2 is 1.60 bits per heavy atom. The number of nitrogens with one attached hydrogen (secondary N) is 1. The number of amides is 3. The fourth-order valence-electron chi connectivity index (χ4n) is 6.29. The normalized spacial score (nSPS) is 15.5. The topological polar surface area (TPSA) is 69.7 Å². The van der Waals surface area contributed by atoms with Crippen LogP contribution in [0, 0.1) is 0 Å². The molecule has 0 unspecified atom stereocenters. The number of hydrogen-bond acceptors (Lipinski definition) is 3. The smallest absolute Gasteiger partial charge is 0.259 e. The molecule has 7 heteroatoms. The SMILES string of the molecule is O=C(NC1CCCCC1)[C@H](Cc1ccccc1)N(Cc1cccc(Cl)c1)C(=O)CN1C(=O)c2cccc3cccc1c23. The molecule has 1 heterocycles. The number of carbonyl (C=O) groups is 3. The minimum atomic E-state index is -0.767. The number of benzene rings is 4. The van der Waals surface area contributed by atoms with E-state index in [2.05, 4.69) is 5.32 Å². The lowest BCUT2D eigenvalue weighted by Gasteiger charge is -2.34. The van der Waals surface area contributed by atoms with E-state index in [0.29, 0.717) is 17.0 Å². The van der Waals surface area contributed by atoms with E-state index >= 15 is 0 Å². The first-order valence-electron chi connectivity index (χ1n) is 14.7. The van der Waals surface area contributed by atoms with Crippen molar-refractivity contribution in [3.05, 3.63) is 113 Å². The summed E-state index contributed by atoms with van der Waals surface area (Å²) in [7, 11) is 0. The maximum absolute atomic E-state index is 14.4. The average Bonchev–Trinajstić information content (AvgIpc) is 3.28. The summed E-state index contributed by atoms with van der Waals surface area (Å²) in [6.07, 6.45) is 5.59. The molecule has 214 valence electrons. The molecular weight excluding hydrogens is 546 g/mol. The van der Waals surface area contributed by atoms with Crippen molar-refractivity contribution in [2.75, 3.05) is 11.4 Å². The Labute approximate surface area is 251 Å². The minimum absolute atomic E-state index is 0.0971. The molecule has 3 amide bonds. The number of rotatable bonds is 9. The van der Waals surface area contributed by atoms with Gasteiger partial charge >= 0.3 is 0 Å². The fourth-order valence-corrected chi connectivity index (χ4v) is 6.51. The summed E-state index contributed by atoms with van der Waals surface area (Å²) in [6, 6.07) is 27.8. The van der Waals surface area contributed by atoms with Crippen LogP contribution in [0.4, 0.5) is 5.69 Å². The van der Waals surface area contributed by atoms with Crippen molar-refractivity contribution in [3.63, 3.8) is 0 Å². The molecule has 4 aromatic carbocycles. The minimum Gasteiger partial charge on any atom is -0.352 e. The highest BCUT2D eigenvalue weighted by atomic mass is 35.5. The molecular formula is C35H34ClN3O3. The van der Waals surface area contributed by atoms with Gasteiger partial charge in [0.05, 0.1) is 5.69 Å². The van der Waals surface area contributed by atoms with E-state index in [1.165, 1.54) is 6.42 Å².